The van der Waals surface area contributed by atoms with Gasteiger partial charge >= 0.3 is 0 Å². The van der Waals surface area contributed by atoms with E-state index >= 15 is 0 Å². The normalized spacial score (nSPS) is 10.8. The average molecular weight is 270 g/mol. The van der Waals surface area contributed by atoms with Crippen LogP contribution in [0.5, 0.6) is 0 Å². The molecule has 5 heteroatoms. The van der Waals surface area contributed by atoms with Gasteiger partial charge in [-0.25, -0.2) is 0 Å². The molecule has 2 aromatic heterocycles. The van der Waals surface area contributed by atoms with Crippen LogP contribution in [0.25, 0.3) is 11.0 Å². The zero-order valence-corrected chi connectivity index (χ0v) is 11.0. The Morgan fingerprint density at radius 2 is 2.15 bits per heavy atom. The highest BCUT2D eigenvalue weighted by molar-refractivity contribution is 5.96. The molecular formula is C15H14N2O3. The van der Waals surface area contributed by atoms with Gasteiger partial charge in [-0.3, -0.25) is 4.79 Å². The van der Waals surface area contributed by atoms with Crippen LogP contribution in [0.1, 0.15) is 16.1 Å². The molecule has 1 aromatic carbocycles. The first kappa shape index (κ1) is 12.3. The lowest BCUT2D eigenvalue weighted by atomic mass is 10.2. The van der Waals surface area contributed by atoms with Crippen molar-refractivity contribution in [1.29, 1.82) is 0 Å². The van der Waals surface area contributed by atoms with Crippen molar-refractivity contribution in [3.05, 3.63) is 54.2 Å². The summed E-state index contributed by atoms with van der Waals surface area (Å²) in [5.74, 6) is 0.123. The third-order valence-electron chi connectivity index (χ3n) is 3.10. The molecule has 0 spiro atoms. The second-order valence-electron chi connectivity index (χ2n) is 4.70. The largest absolute Gasteiger partial charge is 0.472 e. The summed E-state index contributed by atoms with van der Waals surface area (Å²) in [6.07, 6.45) is 3.20. The summed E-state index contributed by atoms with van der Waals surface area (Å²) in [6, 6.07) is 8.82. The van der Waals surface area contributed by atoms with Gasteiger partial charge in [0.1, 0.15) is 5.58 Å². The minimum atomic E-state index is -0.180. The van der Waals surface area contributed by atoms with E-state index in [0.29, 0.717) is 23.6 Å². The molecular weight excluding hydrogens is 256 g/mol. The smallest absolute Gasteiger partial charge is 0.289 e. The third kappa shape index (κ3) is 2.25. The van der Waals surface area contributed by atoms with E-state index in [1.807, 2.05) is 6.07 Å². The van der Waals surface area contributed by atoms with Crippen LogP contribution < -0.4 is 5.73 Å². The van der Waals surface area contributed by atoms with Crippen molar-refractivity contribution in [2.75, 3.05) is 12.8 Å². The third-order valence-corrected chi connectivity index (χ3v) is 3.10. The van der Waals surface area contributed by atoms with E-state index in [0.717, 1.165) is 10.9 Å². The molecule has 5 nitrogen and oxygen atoms in total. The highest BCUT2D eigenvalue weighted by Gasteiger charge is 2.17. The van der Waals surface area contributed by atoms with E-state index in [1.54, 1.807) is 48.7 Å². The Kier molecular flexibility index (Phi) is 2.95. The fraction of sp³-hybridized carbons (Fsp3) is 0.133. The Morgan fingerprint density at radius 3 is 2.90 bits per heavy atom. The Bertz CT molecular complexity index is 744. The molecule has 2 N–H and O–H groups in total. The highest BCUT2D eigenvalue weighted by atomic mass is 16.3. The SMILES string of the molecule is CN(Cc1ccoc1)C(=O)c1cc2cc(N)ccc2o1. The fourth-order valence-corrected chi connectivity index (χ4v) is 2.08. The van der Waals surface area contributed by atoms with Gasteiger partial charge in [0.25, 0.3) is 5.91 Å². The summed E-state index contributed by atoms with van der Waals surface area (Å²) < 4.78 is 10.5. The van der Waals surface area contributed by atoms with E-state index in [9.17, 15) is 4.79 Å². The van der Waals surface area contributed by atoms with Crippen molar-refractivity contribution in [3.8, 4) is 0 Å². The quantitative estimate of drug-likeness (QED) is 0.743. The lowest BCUT2D eigenvalue weighted by Gasteiger charge is -2.14. The predicted molar refractivity (Wildman–Crippen MR) is 75.1 cm³/mol. The Hall–Kier alpha value is -2.69. The highest BCUT2D eigenvalue weighted by Crippen LogP contribution is 2.22. The van der Waals surface area contributed by atoms with Gasteiger partial charge in [0.2, 0.25) is 0 Å². The molecule has 0 atom stereocenters. The van der Waals surface area contributed by atoms with Gasteiger partial charge in [-0.1, -0.05) is 0 Å². The first-order valence-electron chi connectivity index (χ1n) is 6.19. The standard InChI is InChI=1S/C15H14N2O3/c1-17(8-10-4-5-19-9-10)15(18)14-7-11-6-12(16)2-3-13(11)20-14/h2-7,9H,8,16H2,1H3. The number of nitrogens with zero attached hydrogens (tertiary/aromatic N) is 1. The molecule has 20 heavy (non-hydrogen) atoms. The molecule has 0 bridgehead atoms. The first-order chi connectivity index (χ1) is 9.63. The van der Waals surface area contributed by atoms with Gasteiger partial charge in [0.05, 0.1) is 12.5 Å². The summed E-state index contributed by atoms with van der Waals surface area (Å²) >= 11 is 0. The van der Waals surface area contributed by atoms with Crippen LogP contribution in [0.4, 0.5) is 5.69 Å². The van der Waals surface area contributed by atoms with Crippen molar-refractivity contribution in [3.63, 3.8) is 0 Å². The number of nitrogens with two attached hydrogens (primary N) is 1. The summed E-state index contributed by atoms with van der Waals surface area (Å²) in [7, 11) is 1.72. The molecule has 0 aliphatic rings. The monoisotopic (exact) mass is 270 g/mol. The number of nitrogen functional groups attached to an aromatic ring is 1. The van der Waals surface area contributed by atoms with Crippen molar-refractivity contribution in [2.24, 2.45) is 0 Å². The Morgan fingerprint density at radius 1 is 1.30 bits per heavy atom. The van der Waals surface area contributed by atoms with E-state index in [2.05, 4.69) is 0 Å². The Labute approximate surface area is 115 Å². The number of hydrogen-bond acceptors (Lipinski definition) is 4. The van der Waals surface area contributed by atoms with Crippen LogP contribution in [0.2, 0.25) is 0 Å². The molecule has 3 aromatic rings. The molecule has 0 saturated heterocycles. The maximum atomic E-state index is 12.3. The van der Waals surface area contributed by atoms with E-state index in [1.165, 1.54) is 0 Å². The number of benzene rings is 1. The van der Waals surface area contributed by atoms with Crippen LogP contribution >= 0.6 is 0 Å². The van der Waals surface area contributed by atoms with Gasteiger partial charge in [0.15, 0.2) is 5.76 Å². The number of fused-ring (bicyclic) bond motifs is 1. The number of carbonyl (C=O) groups is 1. The van der Waals surface area contributed by atoms with Gasteiger partial charge in [-0.15, -0.1) is 0 Å². The second kappa shape index (κ2) is 4.77. The lowest BCUT2D eigenvalue weighted by molar-refractivity contribution is 0.0755. The average Bonchev–Trinajstić information content (AvgIpc) is 3.06. The lowest BCUT2D eigenvalue weighted by Crippen LogP contribution is -2.25. The zero-order valence-electron chi connectivity index (χ0n) is 11.0. The van der Waals surface area contributed by atoms with E-state index in [-0.39, 0.29) is 5.91 Å². The van der Waals surface area contributed by atoms with Gasteiger partial charge < -0.3 is 19.5 Å². The van der Waals surface area contributed by atoms with E-state index in [4.69, 9.17) is 14.6 Å². The van der Waals surface area contributed by atoms with Gasteiger partial charge in [-0.05, 0) is 30.3 Å². The van der Waals surface area contributed by atoms with Crippen LogP contribution in [0.15, 0.2) is 51.7 Å². The summed E-state index contributed by atoms with van der Waals surface area (Å²) in [6.45, 7) is 0.467. The number of furan rings is 2. The van der Waals surface area contributed by atoms with Crippen LogP contribution in [-0.4, -0.2) is 17.9 Å². The maximum absolute atomic E-state index is 12.3. The van der Waals surface area contributed by atoms with Crippen LogP contribution in [-0.2, 0) is 6.54 Å². The maximum Gasteiger partial charge on any atom is 0.289 e. The molecule has 0 saturated carbocycles. The molecule has 0 radical (unpaired) electrons. The number of anilines is 1. The zero-order chi connectivity index (χ0) is 14.1. The minimum absolute atomic E-state index is 0.180. The van der Waals surface area contributed by atoms with Crippen LogP contribution in [0.3, 0.4) is 0 Å². The molecule has 0 fully saturated rings. The fourth-order valence-electron chi connectivity index (χ4n) is 2.08. The molecule has 2 heterocycles. The topological polar surface area (TPSA) is 72.6 Å². The molecule has 0 aliphatic carbocycles. The minimum Gasteiger partial charge on any atom is -0.472 e. The summed E-state index contributed by atoms with van der Waals surface area (Å²) in [5, 5.41) is 0.824. The number of carbonyl (C=O) groups excluding carboxylic acids is 1. The molecule has 0 aliphatic heterocycles. The Balaban J connectivity index is 1.84. The summed E-state index contributed by atoms with van der Waals surface area (Å²) in [4.78, 5) is 13.9. The summed E-state index contributed by atoms with van der Waals surface area (Å²) in [5.41, 5.74) is 7.94. The molecule has 102 valence electrons. The van der Waals surface area contributed by atoms with Crippen molar-refractivity contribution < 1.29 is 13.6 Å². The van der Waals surface area contributed by atoms with Crippen molar-refractivity contribution in [2.45, 2.75) is 6.54 Å². The number of rotatable bonds is 3. The van der Waals surface area contributed by atoms with Gasteiger partial charge in [-0.2, -0.15) is 0 Å². The van der Waals surface area contributed by atoms with Crippen LogP contribution in [0, 0.1) is 0 Å². The first-order valence-corrected chi connectivity index (χ1v) is 6.19. The van der Waals surface area contributed by atoms with Crippen molar-refractivity contribution >= 4 is 22.6 Å². The number of amides is 1. The van der Waals surface area contributed by atoms with Gasteiger partial charge in [0, 0.05) is 30.2 Å². The van der Waals surface area contributed by atoms with Crippen molar-refractivity contribution in [1.82, 2.24) is 4.90 Å². The second-order valence-corrected chi connectivity index (χ2v) is 4.70. The molecule has 0 unspecified atom stereocenters. The number of hydrogen-bond donors (Lipinski definition) is 1. The predicted octanol–water partition coefficient (Wildman–Crippen LogP) is 2.88. The molecule has 3 rings (SSSR count). The molecule has 1 amide bonds. The van der Waals surface area contributed by atoms with E-state index < -0.39 is 0 Å².